The second-order valence-electron chi connectivity index (χ2n) is 4.49. The number of benzene rings is 1. The lowest BCUT2D eigenvalue weighted by Gasteiger charge is -2.08. The molecule has 0 atom stereocenters. The fourth-order valence-corrected chi connectivity index (χ4v) is 1.91. The van der Waals surface area contributed by atoms with Crippen LogP contribution in [0, 0.1) is 13.8 Å². The van der Waals surface area contributed by atoms with Crippen LogP contribution in [0.25, 0.3) is 0 Å². The first-order valence-electron chi connectivity index (χ1n) is 6.18. The Balaban J connectivity index is 2.09. The average Bonchev–Trinajstić information content (AvgIpc) is 2.78. The summed E-state index contributed by atoms with van der Waals surface area (Å²) >= 11 is 0. The molecule has 2 N–H and O–H groups in total. The van der Waals surface area contributed by atoms with Crippen LogP contribution < -0.4 is 10.5 Å². The van der Waals surface area contributed by atoms with E-state index in [0.29, 0.717) is 22.8 Å². The number of furan rings is 1. The Morgan fingerprint density at radius 2 is 2.05 bits per heavy atom. The predicted octanol–water partition coefficient (Wildman–Crippen LogP) is 2.84. The molecule has 0 aliphatic heterocycles. The summed E-state index contributed by atoms with van der Waals surface area (Å²) in [6.07, 6.45) is 0. The third-order valence-electron chi connectivity index (χ3n) is 2.94. The number of hydrogen-bond donors (Lipinski definition) is 1. The maximum Gasteiger partial charge on any atom is 0.341 e. The molecule has 5 nitrogen and oxygen atoms in total. The smallest absolute Gasteiger partial charge is 0.341 e. The molecule has 0 amide bonds. The maximum absolute atomic E-state index is 11.5. The number of esters is 1. The number of anilines is 1. The Morgan fingerprint density at radius 3 is 2.70 bits per heavy atom. The maximum atomic E-state index is 11.5. The molecule has 0 spiro atoms. The second-order valence-corrected chi connectivity index (χ2v) is 4.49. The summed E-state index contributed by atoms with van der Waals surface area (Å²) in [7, 11) is 1.34. The van der Waals surface area contributed by atoms with Gasteiger partial charge in [-0.25, -0.2) is 4.79 Å². The number of carbonyl (C=O) groups excluding carboxylic acids is 1. The van der Waals surface area contributed by atoms with E-state index in [1.54, 1.807) is 19.1 Å². The van der Waals surface area contributed by atoms with Crippen LogP contribution in [0.2, 0.25) is 0 Å². The first-order chi connectivity index (χ1) is 9.51. The molecule has 0 bridgehead atoms. The number of aryl methyl sites for hydroxylation is 2. The monoisotopic (exact) mass is 275 g/mol. The van der Waals surface area contributed by atoms with Crippen molar-refractivity contribution < 1.29 is 18.7 Å². The number of rotatable bonds is 4. The fourth-order valence-electron chi connectivity index (χ4n) is 1.91. The molecule has 2 aromatic rings. The van der Waals surface area contributed by atoms with E-state index in [0.717, 1.165) is 11.3 Å². The van der Waals surface area contributed by atoms with Crippen molar-refractivity contribution in [3.63, 3.8) is 0 Å². The highest BCUT2D eigenvalue weighted by Gasteiger charge is 2.15. The van der Waals surface area contributed by atoms with E-state index in [1.807, 2.05) is 19.1 Å². The topological polar surface area (TPSA) is 74.7 Å². The van der Waals surface area contributed by atoms with Crippen LogP contribution >= 0.6 is 0 Å². The van der Waals surface area contributed by atoms with Crippen LogP contribution in [0.15, 0.2) is 28.7 Å². The van der Waals surface area contributed by atoms with Crippen LogP contribution in [0.5, 0.6) is 5.75 Å². The Hall–Kier alpha value is -2.43. The molecule has 0 fully saturated rings. The number of ether oxygens (including phenoxy) is 2. The van der Waals surface area contributed by atoms with Gasteiger partial charge in [0, 0.05) is 5.69 Å². The predicted molar refractivity (Wildman–Crippen MR) is 74.7 cm³/mol. The minimum absolute atomic E-state index is 0.239. The molecule has 1 aromatic carbocycles. The van der Waals surface area contributed by atoms with Crippen molar-refractivity contribution in [2.45, 2.75) is 20.5 Å². The lowest BCUT2D eigenvalue weighted by atomic mass is 10.2. The van der Waals surface area contributed by atoms with Crippen LogP contribution in [-0.2, 0) is 11.3 Å². The Bertz CT molecular complexity index is 631. The summed E-state index contributed by atoms with van der Waals surface area (Å²) in [6, 6.07) is 7.05. The molecule has 0 saturated heterocycles. The molecule has 0 saturated carbocycles. The number of hydrogen-bond acceptors (Lipinski definition) is 5. The number of nitrogen functional groups attached to an aromatic ring is 1. The number of methoxy groups -OCH3 is 1. The van der Waals surface area contributed by atoms with Crippen LogP contribution in [-0.4, -0.2) is 13.1 Å². The van der Waals surface area contributed by atoms with Gasteiger partial charge in [-0.2, -0.15) is 0 Å². The zero-order valence-electron chi connectivity index (χ0n) is 11.7. The summed E-state index contributed by atoms with van der Waals surface area (Å²) in [5.74, 6) is 1.40. The Kier molecular flexibility index (Phi) is 3.98. The Morgan fingerprint density at radius 1 is 1.30 bits per heavy atom. The lowest BCUT2D eigenvalue weighted by molar-refractivity contribution is 0.0599. The first-order valence-corrected chi connectivity index (χ1v) is 6.18. The Labute approximate surface area is 117 Å². The molecular weight excluding hydrogens is 258 g/mol. The summed E-state index contributed by atoms with van der Waals surface area (Å²) < 4.78 is 15.8. The van der Waals surface area contributed by atoms with Crippen molar-refractivity contribution in [1.82, 2.24) is 0 Å². The third-order valence-corrected chi connectivity index (χ3v) is 2.94. The normalized spacial score (nSPS) is 10.3. The van der Waals surface area contributed by atoms with Crippen molar-refractivity contribution in [2.75, 3.05) is 12.8 Å². The van der Waals surface area contributed by atoms with Gasteiger partial charge in [-0.05, 0) is 43.7 Å². The van der Waals surface area contributed by atoms with Crippen LogP contribution in [0.1, 0.15) is 27.4 Å². The number of carbonyl (C=O) groups is 1. The van der Waals surface area contributed by atoms with Gasteiger partial charge in [0.05, 0.1) is 7.11 Å². The standard InChI is InChI=1S/C15H17NO4/c1-9-6-11(16)4-5-14(9)19-8-12-7-13(10(2)20-12)15(17)18-3/h4-7H,8,16H2,1-3H3. The molecule has 5 heteroatoms. The highest BCUT2D eigenvalue weighted by molar-refractivity contribution is 5.90. The summed E-state index contributed by atoms with van der Waals surface area (Å²) in [6.45, 7) is 3.87. The molecule has 1 heterocycles. The molecule has 0 radical (unpaired) electrons. The van der Waals surface area contributed by atoms with Gasteiger partial charge < -0.3 is 19.6 Å². The van der Waals surface area contributed by atoms with E-state index in [-0.39, 0.29) is 6.61 Å². The largest absolute Gasteiger partial charge is 0.485 e. The van der Waals surface area contributed by atoms with Crippen molar-refractivity contribution >= 4 is 11.7 Å². The molecule has 0 aliphatic rings. The minimum Gasteiger partial charge on any atom is -0.485 e. The van der Waals surface area contributed by atoms with Crippen molar-refractivity contribution in [2.24, 2.45) is 0 Å². The van der Waals surface area contributed by atoms with Gasteiger partial charge in [0.25, 0.3) is 0 Å². The van der Waals surface area contributed by atoms with E-state index in [9.17, 15) is 4.79 Å². The van der Waals surface area contributed by atoms with Crippen LogP contribution in [0.3, 0.4) is 0 Å². The SMILES string of the molecule is COC(=O)c1cc(COc2ccc(N)cc2C)oc1C. The van der Waals surface area contributed by atoms with Gasteiger partial charge in [0.15, 0.2) is 0 Å². The van der Waals surface area contributed by atoms with Crippen molar-refractivity contribution in [3.05, 3.63) is 46.9 Å². The van der Waals surface area contributed by atoms with Gasteiger partial charge in [-0.3, -0.25) is 0 Å². The van der Waals surface area contributed by atoms with Crippen LogP contribution in [0.4, 0.5) is 5.69 Å². The molecule has 2 rings (SSSR count). The highest BCUT2D eigenvalue weighted by Crippen LogP contribution is 2.22. The van der Waals surface area contributed by atoms with Gasteiger partial charge >= 0.3 is 5.97 Å². The fraction of sp³-hybridized carbons (Fsp3) is 0.267. The van der Waals surface area contributed by atoms with Gasteiger partial charge in [-0.15, -0.1) is 0 Å². The van der Waals surface area contributed by atoms with E-state index >= 15 is 0 Å². The molecule has 20 heavy (non-hydrogen) atoms. The highest BCUT2D eigenvalue weighted by atomic mass is 16.5. The lowest BCUT2D eigenvalue weighted by Crippen LogP contribution is -2.01. The summed E-state index contributed by atoms with van der Waals surface area (Å²) in [5.41, 5.74) is 7.74. The first kappa shape index (κ1) is 14.0. The molecule has 106 valence electrons. The zero-order chi connectivity index (χ0) is 14.7. The molecule has 0 aliphatic carbocycles. The second kappa shape index (κ2) is 5.69. The summed E-state index contributed by atoms with van der Waals surface area (Å²) in [5, 5.41) is 0. The van der Waals surface area contributed by atoms with Crippen molar-refractivity contribution in [3.8, 4) is 5.75 Å². The van der Waals surface area contributed by atoms with Gasteiger partial charge in [-0.1, -0.05) is 0 Å². The quantitative estimate of drug-likeness (QED) is 0.686. The summed E-state index contributed by atoms with van der Waals surface area (Å²) in [4.78, 5) is 11.5. The third kappa shape index (κ3) is 2.93. The molecule has 1 aromatic heterocycles. The van der Waals surface area contributed by atoms with E-state index in [2.05, 4.69) is 4.74 Å². The zero-order valence-corrected chi connectivity index (χ0v) is 11.7. The molecule has 0 unspecified atom stereocenters. The average molecular weight is 275 g/mol. The van der Waals surface area contributed by atoms with Gasteiger partial charge in [0.1, 0.15) is 29.4 Å². The molecular formula is C15H17NO4. The van der Waals surface area contributed by atoms with E-state index < -0.39 is 5.97 Å². The van der Waals surface area contributed by atoms with Crippen molar-refractivity contribution in [1.29, 1.82) is 0 Å². The minimum atomic E-state index is -0.416. The van der Waals surface area contributed by atoms with E-state index in [1.165, 1.54) is 7.11 Å². The number of nitrogens with two attached hydrogens (primary N) is 1. The van der Waals surface area contributed by atoms with Gasteiger partial charge in [0.2, 0.25) is 0 Å². The van der Waals surface area contributed by atoms with E-state index in [4.69, 9.17) is 14.9 Å².